The van der Waals surface area contributed by atoms with Crippen molar-refractivity contribution in [3.8, 4) is 0 Å². The molecule has 1 amide bonds. The predicted molar refractivity (Wildman–Crippen MR) is 148 cm³/mol. The summed E-state index contributed by atoms with van der Waals surface area (Å²) in [5, 5.41) is 0.914. The first kappa shape index (κ1) is 26.0. The number of piperidine rings is 1. The van der Waals surface area contributed by atoms with Crippen LogP contribution in [0.1, 0.15) is 47.9 Å². The lowest BCUT2D eigenvalue weighted by Gasteiger charge is -2.33. The molecule has 2 aromatic heterocycles. The van der Waals surface area contributed by atoms with E-state index in [-0.39, 0.29) is 24.1 Å². The topological polar surface area (TPSA) is 63.0 Å². The molecular formula is C31H29F3N4O2. The number of likely N-dealkylation sites (tertiary alicyclic amines) is 1. The molecule has 1 unspecified atom stereocenters. The van der Waals surface area contributed by atoms with Gasteiger partial charge in [0, 0.05) is 55.6 Å². The number of aryl methyl sites for hydroxylation is 1. The van der Waals surface area contributed by atoms with Gasteiger partial charge in [-0.3, -0.25) is 9.36 Å². The molecule has 6 nitrogen and oxygen atoms in total. The maximum Gasteiger partial charge on any atom is 0.416 e. The molecule has 0 aliphatic carbocycles. The lowest BCUT2D eigenvalue weighted by Crippen LogP contribution is -2.41. The second-order valence-corrected chi connectivity index (χ2v) is 10.5. The van der Waals surface area contributed by atoms with Crippen LogP contribution < -0.4 is 5.69 Å². The SMILES string of the molecule is Cn1cc(C(CC(=O)N2CCC(n3c(=O)[nH]c4ccccc43)CC2)c2cccc(C(F)(F)F)c2)c2ccccc21. The van der Waals surface area contributed by atoms with E-state index in [1.165, 1.54) is 6.07 Å². The van der Waals surface area contributed by atoms with Crippen molar-refractivity contribution in [1.82, 2.24) is 19.0 Å². The van der Waals surface area contributed by atoms with E-state index in [1.807, 2.05) is 66.3 Å². The largest absolute Gasteiger partial charge is 0.416 e. The van der Waals surface area contributed by atoms with Crippen LogP contribution in [0.3, 0.4) is 0 Å². The molecule has 1 atom stereocenters. The lowest BCUT2D eigenvalue weighted by molar-refractivity contribution is -0.137. The first-order valence-corrected chi connectivity index (χ1v) is 13.4. The number of nitrogens with one attached hydrogen (secondary N) is 1. The van der Waals surface area contributed by atoms with Crippen molar-refractivity contribution in [2.75, 3.05) is 13.1 Å². The summed E-state index contributed by atoms with van der Waals surface area (Å²) in [5.74, 6) is -0.657. The number of aromatic nitrogens is 3. The van der Waals surface area contributed by atoms with Crippen LogP contribution in [0.25, 0.3) is 21.9 Å². The number of hydrogen-bond acceptors (Lipinski definition) is 2. The number of amides is 1. The highest BCUT2D eigenvalue weighted by Crippen LogP contribution is 2.38. The number of benzene rings is 3. The monoisotopic (exact) mass is 546 g/mol. The summed E-state index contributed by atoms with van der Waals surface area (Å²) in [4.78, 5) is 31.0. The van der Waals surface area contributed by atoms with E-state index in [1.54, 1.807) is 15.5 Å². The van der Waals surface area contributed by atoms with Crippen LogP contribution in [-0.2, 0) is 18.0 Å². The molecule has 0 radical (unpaired) electrons. The van der Waals surface area contributed by atoms with Crippen LogP contribution in [0.4, 0.5) is 13.2 Å². The molecule has 40 heavy (non-hydrogen) atoms. The molecule has 1 N–H and O–H groups in total. The number of imidazole rings is 1. The molecule has 6 rings (SSSR count). The van der Waals surface area contributed by atoms with Crippen LogP contribution >= 0.6 is 0 Å². The molecule has 206 valence electrons. The summed E-state index contributed by atoms with van der Waals surface area (Å²) in [5.41, 5.74) is 2.97. The molecule has 9 heteroatoms. The lowest BCUT2D eigenvalue weighted by atomic mass is 9.86. The van der Waals surface area contributed by atoms with Crippen molar-refractivity contribution in [3.05, 3.63) is 106 Å². The highest BCUT2D eigenvalue weighted by molar-refractivity contribution is 5.86. The Kier molecular flexibility index (Phi) is 6.52. The van der Waals surface area contributed by atoms with Gasteiger partial charge in [-0.05, 0) is 48.2 Å². The summed E-state index contributed by atoms with van der Waals surface area (Å²) < 4.78 is 44.6. The molecule has 1 aliphatic heterocycles. The molecule has 5 aromatic rings. The number of halogens is 3. The van der Waals surface area contributed by atoms with Crippen LogP contribution in [0.2, 0.25) is 0 Å². The van der Waals surface area contributed by atoms with Gasteiger partial charge >= 0.3 is 11.9 Å². The number of alkyl halides is 3. The fraction of sp³-hybridized carbons (Fsp3) is 0.290. The second-order valence-electron chi connectivity index (χ2n) is 10.5. The average Bonchev–Trinajstić information content (AvgIpc) is 3.47. The number of hydrogen-bond donors (Lipinski definition) is 1. The molecule has 1 fully saturated rings. The van der Waals surface area contributed by atoms with E-state index >= 15 is 0 Å². The zero-order valence-electron chi connectivity index (χ0n) is 22.0. The summed E-state index contributed by atoms with van der Waals surface area (Å²) in [6.07, 6.45) is -1.27. The summed E-state index contributed by atoms with van der Waals surface area (Å²) in [6.45, 7) is 0.945. The van der Waals surface area contributed by atoms with Crippen molar-refractivity contribution in [1.29, 1.82) is 0 Å². The van der Waals surface area contributed by atoms with Crippen molar-refractivity contribution >= 4 is 27.8 Å². The minimum absolute atomic E-state index is 0.0370. The van der Waals surface area contributed by atoms with Gasteiger partial charge in [0.15, 0.2) is 0 Å². The van der Waals surface area contributed by atoms with Crippen LogP contribution in [-0.4, -0.2) is 38.0 Å². The Morgan fingerprint density at radius 3 is 2.42 bits per heavy atom. The van der Waals surface area contributed by atoms with Crippen molar-refractivity contribution in [2.24, 2.45) is 7.05 Å². The Labute approximate surface area is 228 Å². The van der Waals surface area contributed by atoms with E-state index in [2.05, 4.69) is 4.98 Å². The Morgan fingerprint density at radius 2 is 1.68 bits per heavy atom. The summed E-state index contributed by atoms with van der Waals surface area (Å²) in [6, 6.07) is 20.5. The molecule has 0 saturated carbocycles. The van der Waals surface area contributed by atoms with Gasteiger partial charge in [0.05, 0.1) is 16.6 Å². The minimum Gasteiger partial charge on any atom is -0.350 e. The number of carbonyl (C=O) groups excluding carboxylic acids is 1. The number of para-hydroxylation sites is 3. The fourth-order valence-corrected chi connectivity index (χ4v) is 6.10. The third kappa shape index (κ3) is 4.69. The number of fused-ring (bicyclic) bond motifs is 2. The third-order valence-electron chi connectivity index (χ3n) is 8.10. The summed E-state index contributed by atoms with van der Waals surface area (Å²) >= 11 is 0. The number of carbonyl (C=O) groups is 1. The van der Waals surface area contributed by atoms with Crippen molar-refractivity contribution in [3.63, 3.8) is 0 Å². The molecule has 0 spiro atoms. The van der Waals surface area contributed by atoms with E-state index in [0.29, 0.717) is 31.5 Å². The molecule has 3 heterocycles. The quantitative estimate of drug-likeness (QED) is 0.284. The van der Waals surface area contributed by atoms with E-state index in [0.717, 1.165) is 39.6 Å². The number of nitrogens with zero attached hydrogens (tertiary/aromatic N) is 3. The first-order chi connectivity index (χ1) is 19.2. The van der Waals surface area contributed by atoms with Gasteiger partial charge in [0.2, 0.25) is 5.91 Å². The summed E-state index contributed by atoms with van der Waals surface area (Å²) in [7, 11) is 1.90. The van der Waals surface area contributed by atoms with Gasteiger partial charge in [-0.15, -0.1) is 0 Å². The maximum absolute atomic E-state index is 13.7. The third-order valence-corrected chi connectivity index (χ3v) is 8.10. The van der Waals surface area contributed by atoms with Gasteiger partial charge in [0.1, 0.15) is 0 Å². The Morgan fingerprint density at radius 1 is 0.975 bits per heavy atom. The van der Waals surface area contributed by atoms with Gasteiger partial charge in [-0.2, -0.15) is 13.2 Å². The normalized spacial score (nSPS) is 15.7. The van der Waals surface area contributed by atoms with Gasteiger partial charge in [0.25, 0.3) is 0 Å². The van der Waals surface area contributed by atoms with Crippen LogP contribution in [0, 0.1) is 0 Å². The van der Waals surface area contributed by atoms with Gasteiger partial charge in [-0.25, -0.2) is 4.79 Å². The molecule has 3 aromatic carbocycles. The zero-order chi connectivity index (χ0) is 28.0. The Hall–Kier alpha value is -4.27. The Balaban J connectivity index is 1.28. The van der Waals surface area contributed by atoms with Gasteiger partial charge < -0.3 is 14.5 Å². The number of aromatic amines is 1. The molecular weight excluding hydrogens is 517 g/mol. The standard InChI is InChI=1S/C31H29F3N4O2/c1-36-19-25(23-9-2-4-11-27(23)36)24(20-7-6-8-21(17-20)31(32,33)34)18-29(39)37-15-13-22(14-16-37)38-28-12-5-3-10-26(28)35-30(38)40/h2-12,17,19,22,24H,13-16,18H2,1H3,(H,35,40). The smallest absolute Gasteiger partial charge is 0.350 e. The average molecular weight is 547 g/mol. The fourth-order valence-electron chi connectivity index (χ4n) is 6.10. The van der Waals surface area contributed by atoms with E-state index in [4.69, 9.17) is 0 Å². The highest BCUT2D eigenvalue weighted by atomic mass is 19.4. The molecule has 1 aliphatic rings. The van der Waals surface area contributed by atoms with Gasteiger partial charge in [-0.1, -0.05) is 48.5 Å². The first-order valence-electron chi connectivity index (χ1n) is 13.4. The minimum atomic E-state index is -4.48. The maximum atomic E-state index is 13.7. The van der Waals surface area contributed by atoms with Crippen molar-refractivity contribution < 1.29 is 18.0 Å². The number of H-pyrrole nitrogens is 1. The molecule has 0 bridgehead atoms. The van der Waals surface area contributed by atoms with Crippen LogP contribution in [0.15, 0.2) is 83.8 Å². The van der Waals surface area contributed by atoms with Crippen molar-refractivity contribution in [2.45, 2.75) is 37.4 Å². The second kappa shape index (κ2) is 10.0. The Bertz CT molecular complexity index is 1760. The van der Waals surface area contributed by atoms with E-state index in [9.17, 15) is 22.8 Å². The highest BCUT2D eigenvalue weighted by Gasteiger charge is 2.33. The molecule has 1 saturated heterocycles. The van der Waals surface area contributed by atoms with Crippen LogP contribution in [0.5, 0.6) is 0 Å². The zero-order valence-corrected chi connectivity index (χ0v) is 22.0. The predicted octanol–water partition coefficient (Wildman–Crippen LogP) is 6.23. The number of rotatable bonds is 5. The van der Waals surface area contributed by atoms with E-state index < -0.39 is 17.7 Å².